The number of allylic oxidation sites excluding steroid dienone is 5. The molecule has 18 heavy (non-hydrogen) atoms. The highest BCUT2D eigenvalue weighted by Gasteiger charge is 2.00. The molecule has 0 aromatic carbocycles. The van der Waals surface area contributed by atoms with Crippen molar-refractivity contribution in [1.82, 2.24) is 0 Å². The Labute approximate surface area is 115 Å². The second-order valence-corrected chi connectivity index (χ2v) is 5.53. The van der Waals surface area contributed by atoms with Crippen molar-refractivity contribution in [3.63, 3.8) is 0 Å². The molecule has 0 amide bonds. The molecule has 0 aliphatic carbocycles. The second-order valence-electron chi connectivity index (χ2n) is 5.53. The van der Waals surface area contributed by atoms with E-state index < -0.39 is 0 Å². The summed E-state index contributed by atoms with van der Waals surface area (Å²) >= 11 is 0. The third-order valence-electron chi connectivity index (χ3n) is 3.50. The van der Waals surface area contributed by atoms with Gasteiger partial charge in [-0.3, -0.25) is 0 Å². The van der Waals surface area contributed by atoms with Gasteiger partial charge in [-0.2, -0.15) is 0 Å². The van der Waals surface area contributed by atoms with Gasteiger partial charge in [-0.1, -0.05) is 62.6 Å². The standard InChI is InChI=1S/C18H32/c1-6-8-11-17(4)14-10-15-18(5)13-9-12-16(3)7-2/h7,10,14,18H,4,6,8-9,11-13,15H2,1-3,5H3/b14-10-,16-7-. The minimum Gasteiger partial charge on any atom is -0.0958 e. The first-order chi connectivity index (χ1) is 8.60. The maximum atomic E-state index is 4.09. The van der Waals surface area contributed by atoms with Crippen LogP contribution in [-0.2, 0) is 0 Å². The molecule has 0 heteroatoms. The third-order valence-corrected chi connectivity index (χ3v) is 3.50. The van der Waals surface area contributed by atoms with E-state index in [1.54, 1.807) is 0 Å². The van der Waals surface area contributed by atoms with Crippen molar-refractivity contribution < 1.29 is 0 Å². The average molecular weight is 248 g/mol. The molecule has 0 aliphatic rings. The van der Waals surface area contributed by atoms with E-state index in [-0.39, 0.29) is 0 Å². The highest BCUT2D eigenvalue weighted by molar-refractivity contribution is 5.14. The zero-order chi connectivity index (χ0) is 13.8. The lowest BCUT2D eigenvalue weighted by Crippen LogP contribution is -1.93. The summed E-state index contributed by atoms with van der Waals surface area (Å²) in [6.07, 6.45) is 15.5. The van der Waals surface area contributed by atoms with E-state index in [0.29, 0.717) is 0 Å². The molecule has 0 nitrogen and oxygen atoms in total. The Morgan fingerprint density at radius 1 is 1.22 bits per heavy atom. The van der Waals surface area contributed by atoms with Crippen molar-refractivity contribution in [2.24, 2.45) is 5.92 Å². The molecular formula is C18H32. The zero-order valence-corrected chi connectivity index (χ0v) is 13.0. The molecular weight excluding hydrogens is 216 g/mol. The fourth-order valence-electron chi connectivity index (χ4n) is 1.95. The van der Waals surface area contributed by atoms with E-state index in [9.17, 15) is 0 Å². The van der Waals surface area contributed by atoms with Crippen LogP contribution in [-0.4, -0.2) is 0 Å². The van der Waals surface area contributed by atoms with Crippen LogP contribution in [0.4, 0.5) is 0 Å². The van der Waals surface area contributed by atoms with Crippen LogP contribution >= 0.6 is 0 Å². The van der Waals surface area contributed by atoms with Gasteiger partial charge in [-0.05, 0) is 51.9 Å². The first kappa shape index (κ1) is 17.2. The van der Waals surface area contributed by atoms with Gasteiger partial charge in [-0.25, -0.2) is 0 Å². The molecule has 0 heterocycles. The van der Waals surface area contributed by atoms with E-state index in [1.807, 2.05) is 0 Å². The monoisotopic (exact) mass is 248 g/mol. The predicted molar refractivity (Wildman–Crippen MR) is 84.9 cm³/mol. The van der Waals surface area contributed by atoms with Crippen molar-refractivity contribution in [2.45, 2.75) is 72.6 Å². The van der Waals surface area contributed by atoms with Gasteiger partial charge in [0, 0.05) is 0 Å². The molecule has 0 N–H and O–H groups in total. The lowest BCUT2D eigenvalue weighted by molar-refractivity contribution is 0.515. The molecule has 104 valence electrons. The van der Waals surface area contributed by atoms with Crippen LogP contribution in [0.15, 0.2) is 36.0 Å². The Morgan fingerprint density at radius 3 is 2.56 bits per heavy atom. The summed E-state index contributed by atoms with van der Waals surface area (Å²) in [5.74, 6) is 0.796. The minimum absolute atomic E-state index is 0.796. The second kappa shape index (κ2) is 11.3. The smallest absolute Gasteiger partial charge is 0.0285 e. The fourth-order valence-corrected chi connectivity index (χ4v) is 1.95. The van der Waals surface area contributed by atoms with Gasteiger partial charge in [0.1, 0.15) is 0 Å². The molecule has 0 aromatic rings. The lowest BCUT2D eigenvalue weighted by atomic mass is 9.98. The molecule has 0 aliphatic heterocycles. The van der Waals surface area contributed by atoms with E-state index in [1.165, 1.54) is 49.7 Å². The first-order valence-electron chi connectivity index (χ1n) is 7.56. The molecule has 0 aromatic heterocycles. The quantitative estimate of drug-likeness (QED) is 0.308. The summed E-state index contributed by atoms with van der Waals surface area (Å²) in [5, 5.41) is 0. The summed E-state index contributed by atoms with van der Waals surface area (Å²) in [5.41, 5.74) is 2.81. The lowest BCUT2D eigenvalue weighted by Gasteiger charge is -2.08. The van der Waals surface area contributed by atoms with E-state index in [0.717, 1.165) is 12.3 Å². The van der Waals surface area contributed by atoms with Gasteiger partial charge < -0.3 is 0 Å². The summed E-state index contributed by atoms with van der Waals surface area (Å²) in [4.78, 5) is 0. The topological polar surface area (TPSA) is 0 Å². The molecule has 0 rings (SSSR count). The van der Waals surface area contributed by atoms with Gasteiger partial charge in [-0.15, -0.1) is 0 Å². The van der Waals surface area contributed by atoms with Crippen molar-refractivity contribution in [2.75, 3.05) is 0 Å². The van der Waals surface area contributed by atoms with Crippen molar-refractivity contribution >= 4 is 0 Å². The molecule has 0 radical (unpaired) electrons. The van der Waals surface area contributed by atoms with Crippen LogP contribution in [0.25, 0.3) is 0 Å². The minimum atomic E-state index is 0.796. The molecule has 1 atom stereocenters. The Balaban J connectivity index is 3.66. The predicted octanol–water partition coefficient (Wildman–Crippen LogP) is 6.45. The van der Waals surface area contributed by atoms with Gasteiger partial charge >= 0.3 is 0 Å². The zero-order valence-electron chi connectivity index (χ0n) is 13.0. The van der Waals surface area contributed by atoms with Crippen LogP contribution in [0.1, 0.15) is 72.6 Å². The number of unbranched alkanes of at least 4 members (excludes halogenated alkanes) is 1. The van der Waals surface area contributed by atoms with Crippen LogP contribution in [0.5, 0.6) is 0 Å². The van der Waals surface area contributed by atoms with E-state index in [4.69, 9.17) is 0 Å². The van der Waals surface area contributed by atoms with Gasteiger partial charge in [0.15, 0.2) is 0 Å². The van der Waals surface area contributed by atoms with Gasteiger partial charge in [0.2, 0.25) is 0 Å². The molecule has 0 saturated carbocycles. The third kappa shape index (κ3) is 10.4. The highest BCUT2D eigenvalue weighted by atomic mass is 14.1. The molecule has 0 saturated heterocycles. The van der Waals surface area contributed by atoms with E-state index >= 15 is 0 Å². The fraction of sp³-hybridized carbons (Fsp3) is 0.667. The van der Waals surface area contributed by atoms with E-state index in [2.05, 4.69) is 52.5 Å². The largest absolute Gasteiger partial charge is 0.0958 e. The summed E-state index contributed by atoms with van der Waals surface area (Å²) in [6, 6.07) is 0. The van der Waals surface area contributed by atoms with Crippen molar-refractivity contribution in [3.8, 4) is 0 Å². The average Bonchev–Trinajstić information content (AvgIpc) is 2.36. The highest BCUT2D eigenvalue weighted by Crippen LogP contribution is 2.16. The van der Waals surface area contributed by atoms with Crippen molar-refractivity contribution in [3.05, 3.63) is 36.0 Å². The van der Waals surface area contributed by atoms with Crippen LogP contribution in [0, 0.1) is 5.92 Å². The van der Waals surface area contributed by atoms with Crippen LogP contribution in [0.3, 0.4) is 0 Å². The summed E-state index contributed by atoms with van der Waals surface area (Å²) < 4.78 is 0. The van der Waals surface area contributed by atoms with Crippen molar-refractivity contribution in [1.29, 1.82) is 0 Å². The maximum absolute atomic E-state index is 4.09. The van der Waals surface area contributed by atoms with Crippen LogP contribution < -0.4 is 0 Å². The number of hydrogen-bond donors (Lipinski definition) is 0. The van der Waals surface area contributed by atoms with Gasteiger partial charge in [0.05, 0.1) is 0 Å². The molecule has 0 fully saturated rings. The molecule has 0 bridgehead atoms. The molecule has 1 unspecified atom stereocenters. The van der Waals surface area contributed by atoms with Gasteiger partial charge in [0.25, 0.3) is 0 Å². The van der Waals surface area contributed by atoms with Crippen LogP contribution in [0.2, 0.25) is 0 Å². The first-order valence-corrected chi connectivity index (χ1v) is 7.56. The SMILES string of the molecule is C=C(/C=C\CC(C)CCC/C(C)=C\C)CCCC. The summed E-state index contributed by atoms with van der Waals surface area (Å²) in [7, 11) is 0. The Hall–Kier alpha value is -0.780. The maximum Gasteiger partial charge on any atom is -0.0285 e. The Kier molecular flexibility index (Phi) is 10.8. The Bertz CT molecular complexity index is 268. The number of rotatable bonds is 10. The summed E-state index contributed by atoms with van der Waals surface area (Å²) in [6.45, 7) is 13.0. The number of hydrogen-bond acceptors (Lipinski definition) is 0. The Morgan fingerprint density at radius 2 is 1.94 bits per heavy atom. The molecule has 0 spiro atoms. The normalized spacial score (nSPS) is 14.1.